The molecule has 4 N–H and O–H groups in total. The number of ketones is 1. The molecular weight excluding hydrogens is 548 g/mol. The van der Waals surface area contributed by atoms with Crippen molar-refractivity contribution in [2.75, 3.05) is 0 Å². The van der Waals surface area contributed by atoms with E-state index >= 15 is 0 Å². The topological polar surface area (TPSA) is 143 Å². The summed E-state index contributed by atoms with van der Waals surface area (Å²) in [4.78, 5) is 65.0. The van der Waals surface area contributed by atoms with Gasteiger partial charge in [-0.15, -0.1) is 0 Å². The molecule has 1 aliphatic heterocycles. The predicted molar refractivity (Wildman–Crippen MR) is 153 cm³/mol. The Morgan fingerprint density at radius 1 is 1.02 bits per heavy atom. The molecule has 11 heteroatoms. The first-order chi connectivity index (χ1) is 19.5. The largest absolute Gasteiger partial charge is 0.445 e. The second-order valence-corrected chi connectivity index (χ2v) is 12.8. The highest BCUT2D eigenvalue weighted by Crippen LogP contribution is 2.29. The SMILES string of the molecule is CC1(C)CC(CC(NC(=O)[C@H](CC2CCCCC2)NC(=O)OCc2cccc(Cl)c2)C(=O)C(=O)NC2CC2)C(=O)N1. The Labute approximate surface area is 246 Å². The smallest absolute Gasteiger partial charge is 0.408 e. The van der Waals surface area contributed by atoms with E-state index in [1.165, 1.54) is 0 Å². The molecular formula is C30H41ClN4O6. The molecule has 3 aliphatic rings. The number of amides is 4. The summed E-state index contributed by atoms with van der Waals surface area (Å²) in [7, 11) is 0. The Morgan fingerprint density at radius 2 is 1.76 bits per heavy atom. The molecule has 0 radical (unpaired) electrons. The van der Waals surface area contributed by atoms with E-state index in [0.717, 1.165) is 44.9 Å². The molecule has 0 bridgehead atoms. The number of nitrogens with one attached hydrogen (secondary N) is 4. The van der Waals surface area contributed by atoms with E-state index in [9.17, 15) is 24.0 Å². The van der Waals surface area contributed by atoms with Crippen LogP contribution in [0.25, 0.3) is 0 Å². The van der Waals surface area contributed by atoms with E-state index in [4.69, 9.17) is 16.3 Å². The van der Waals surface area contributed by atoms with E-state index in [1.54, 1.807) is 24.3 Å². The molecule has 4 amide bonds. The van der Waals surface area contributed by atoms with Crippen LogP contribution in [-0.4, -0.2) is 53.3 Å². The van der Waals surface area contributed by atoms with Crippen LogP contribution < -0.4 is 21.3 Å². The third-order valence-electron chi connectivity index (χ3n) is 8.04. The average molecular weight is 589 g/mol. The Hall–Kier alpha value is -3.14. The van der Waals surface area contributed by atoms with Crippen molar-refractivity contribution >= 4 is 41.2 Å². The van der Waals surface area contributed by atoms with Gasteiger partial charge in [-0.05, 0) is 69.6 Å². The van der Waals surface area contributed by atoms with Crippen LogP contribution in [0.3, 0.4) is 0 Å². The van der Waals surface area contributed by atoms with E-state index in [0.29, 0.717) is 23.4 Å². The van der Waals surface area contributed by atoms with Gasteiger partial charge in [-0.25, -0.2) is 4.79 Å². The number of halogens is 1. The normalized spacial score (nSPS) is 21.7. The van der Waals surface area contributed by atoms with Crippen molar-refractivity contribution in [3.63, 3.8) is 0 Å². The molecule has 10 nitrogen and oxygen atoms in total. The maximum atomic E-state index is 13.6. The first-order valence-corrected chi connectivity index (χ1v) is 15.0. The Balaban J connectivity index is 1.46. The highest BCUT2D eigenvalue weighted by atomic mass is 35.5. The van der Waals surface area contributed by atoms with Crippen molar-refractivity contribution in [1.29, 1.82) is 0 Å². The van der Waals surface area contributed by atoms with Crippen LogP contribution in [0, 0.1) is 11.8 Å². The van der Waals surface area contributed by atoms with E-state index in [-0.39, 0.29) is 30.9 Å². The first-order valence-electron chi connectivity index (χ1n) is 14.6. The van der Waals surface area contributed by atoms with Gasteiger partial charge in [0, 0.05) is 22.5 Å². The van der Waals surface area contributed by atoms with Crippen molar-refractivity contribution in [2.24, 2.45) is 11.8 Å². The molecule has 4 rings (SSSR count). The average Bonchev–Trinajstić information content (AvgIpc) is 3.69. The number of ether oxygens (including phenoxy) is 1. The lowest BCUT2D eigenvalue weighted by Crippen LogP contribution is -2.55. The van der Waals surface area contributed by atoms with Gasteiger partial charge in [-0.3, -0.25) is 19.2 Å². The van der Waals surface area contributed by atoms with Gasteiger partial charge in [-0.1, -0.05) is 55.8 Å². The van der Waals surface area contributed by atoms with E-state index in [1.807, 2.05) is 13.8 Å². The predicted octanol–water partition coefficient (Wildman–Crippen LogP) is 3.54. The van der Waals surface area contributed by atoms with Gasteiger partial charge in [0.2, 0.25) is 17.6 Å². The second-order valence-electron chi connectivity index (χ2n) is 12.3. The number of hydrogen-bond acceptors (Lipinski definition) is 6. The van der Waals surface area contributed by atoms with Crippen LogP contribution in [-0.2, 0) is 30.5 Å². The summed E-state index contributed by atoms with van der Waals surface area (Å²) in [6.07, 6.45) is 6.79. The molecule has 41 heavy (non-hydrogen) atoms. The zero-order valence-electron chi connectivity index (χ0n) is 23.8. The third kappa shape index (κ3) is 9.45. The van der Waals surface area contributed by atoms with E-state index in [2.05, 4.69) is 21.3 Å². The maximum Gasteiger partial charge on any atom is 0.408 e. The lowest BCUT2D eigenvalue weighted by molar-refractivity contribution is -0.141. The number of benzene rings is 1. The number of rotatable bonds is 12. The zero-order chi connectivity index (χ0) is 29.6. The molecule has 2 unspecified atom stereocenters. The lowest BCUT2D eigenvalue weighted by atomic mass is 9.84. The third-order valence-corrected chi connectivity index (χ3v) is 8.28. The standard InChI is InChI=1S/C30H41ClN4O6/c1-30(2)16-20(26(37)35-30)15-23(25(36)28(39)32-22-11-12-22)33-27(38)24(14-18-7-4-3-5-8-18)34-29(40)41-17-19-9-6-10-21(31)13-19/h6,9-10,13,18,20,22-24H,3-5,7-8,11-12,14-17H2,1-2H3,(H,32,39)(H,33,38)(H,34,40)(H,35,37)/t20?,23?,24-/m0/s1. The van der Waals surface area contributed by atoms with Gasteiger partial charge in [0.25, 0.3) is 5.91 Å². The number of hydrogen-bond donors (Lipinski definition) is 4. The van der Waals surface area contributed by atoms with Gasteiger partial charge in [-0.2, -0.15) is 0 Å². The molecule has 3 atom stereocenters. The Morgan fingerprint density at radius 3 is 2.39 bits per heavy atom. The molecule has 224 valence electrons. The maximum absolute atomic E-state index is 13.6. The van der Waals surface area contributed by atoms with Crippen molar-refractivity contribution < 1.29 is 28.7 Å². The van der Waals surface area contributed by atoms with E-state index < -0.39 is 47.2 Å². The lowest BCUT2D eigenvalue weighted by Gasteiger charge is -2.28. The highest BCUT2D eigenvalue weighted by molar-refractivity contribution is 6.38. The fourth-order valence-corrected chi connectivity index (χ4v) is 5.98. The summed E-state index contributed by atoms with van der Waals surface area (Å²) < 4.78 is 5.37. The van der Waals surface area contributed by atoms with Crippen molar-refractivity contribution in [3.05, 3.63) is 34.9 Å². The van der Waals surface area contributed by atoms with Crippen molar-refractivity contribution in [1.82, 2.24) is 21.3 Å². The number of Topliss-reactive ketones (excluding diaryl/α,β-unsaturated/α-hetero) is 1. The quantitative estimate of drug-likeness (QED) is 0.275. The second kappa shape index (κ2) is 13.7. The molecule has 1 heterocycles. The molecule has 2 aliphatic carbocycles. The summed E-state index contributed by atoms with van der Waals surface area (Å²) in [6.45, 7) is 3.75. The summed E-state index contributed by atoms with van der Waals surface area (Å²) in [5, 5.41) is 11.5. The van der Waals surface area contributed by atoms with Gasteiger partial charge in [0.05, 0.1) is 6.04 Å². The van der Waals surface area contributed by atoms with Crippen LogP contribution in [0.2, 0.25) is 5.02 Å². The first kappa shape index (κ1) is 30.8. The Kier molecular flexibility index (Phi) is 10.3. The number of alkyl carbamates (subject to hydrolysis) is 1. The molecule has 1 aromatic carbocycles. The molecule has 3 fully saturated rings. The van der Waals surface area contributed by atoms with Crippen LogP contribution >= 0.6 is 11.6 Å². The number of carbonyl (C=O) groups is 5. The fourth-order valence-electron chi connectivity index (χ4n) is 5.76. The molecule has 0 spiro atoms. The van der Waals surface area contributed by atoms with Crippen LogP contribution in [0.4, 0.5) is 4.79 Å². The molecule has 1 saturated heterocycles. The van der Waals surface area contributed by atoms with Crippen LogP contribution in [0.1, 0.15) is 83.6 Å². The Bertz CT molecular complexity index is 1150. The molecule has 1 aromatic rings. The van der Waals surface area contributed by atoms with Gasteiger partial charge < -0.3 is 26.0 Å². The van der Waals surface area contributed by atoms with Gasteiger partial charge in [0.1, 0.15) is 12.6 Å². The minimum absolute atomic E-state index is 0.00666. The van der Waals surface area contributed by atoms with Gasteiger partial charge >= 0.3 is 6.09 Å². The van der Waals surface area contributed by atoms with Crippen LogP contribution in [0.15, 0.2) is 24.3 Å². The summed E-state index contributed by atoms with van der Waals surface area (Å²) in [6, 6.07) is 4.71. The molecule has 0 aromatic heterocycles. The van der Waals surface area contributed by atoms with Crippen molar-refractivity contribution in [2.45, 2.75) is 108 Å². The molecule has 2 saturated carbocycles. The summed E-state index contributed by atoms with van der Waals surface area (Å²) in [5.74, 6) is -2.67. The summed E-state index contributed by atoms with van der Waals surface area (Å²) in [5.41, 5.74) is 0.249. The van der Waals surface area contributed by atoms with Crippen LogP contribution in [0.5, 0.6) is 0 Å². The fraction of sp³-hybridized carbons (Fsp3) is 0.633. The zero-order valence-corrected chi connectivity index (χ0v) is 24.6. The van der Waals surface area contributed by atoms with Gasteiger partial charge in [0.15, 0.2) is 0 Å². The summed E-state index contributed by atoms with van der Waals surface area (Å²) >= 11 is 6.02. The minimum atomic E-state index is -1.20. The monoisotopic (exact) mass is 588 g/mol. The van der Waals surface area contributed by atoms with Crippen molar-refractivity contribution in [3.8, 4) is 0 Å². The minimum Gasteiger partial charge on any atom is -0.445 e. The highest BCUT2D eigenvalue weighted by Gasteiger charge is 2.42. The number of carbonyl (C=O) groups excluding carboxylic acids is 5.